The van der Waals surface area contributed by atoms with Gasteiger partial charge in [-0.25, -0.2) is 9.59 Å². The fraction of sp³-hybridized carbons (Fsp3) is 0.647. The monoisotopic (exact) mass is 442 g/mol. The summed E-state index contributed by atoms with van der Waals surface area (Å²) in [5, 5.41) is 24.7. The van der Waals surface area contributed by atoms with Gasteiger partial charge in [0.1, 0.15) is 24.8 Å². The number of carbonyl (C=O) groups excluding carboxylic acids is 3. The molecule has 1 saturated heterocycles. The summed E-state index contributed by atoms with van der Waals surface area (Å²) in [5.74, 6) is -2.66. The quantitative estimate of drug-likeness (QED) is 0.165. The fourth-order valence-corrected chi connectivity index (χ4v) is 5.01. The molecule has 0 radical (unpaired) electrons. The van der Waals surface area contributed by atoms with E-state index in [0.717, 1.165) is 6.42 Å². The third-order valence-electron chi connectivity index (χ3n) is 5.37. The number of carboxylic acids is 1. The van der Waals surface area contributed by atoms with Crippen molar-refractivity contribution in [3.63, 3.8) is 0 Å². The summed E-state index contributed by atoms with van der Waals surface area (Å²) in [6.07, 6.45) is 4.04. The van der Waals surface area contributed by atoms with Crippen LogP contribution in [0.25, 0.3) is 0 Å². The van der Waals surface area contributed by atoms with Crippen LogP contribution in [0.5, 0.6) is 0 Å². The van der Waals surface area contributed by atoms with Crippen LogP contribution < -0.4 is 10.6 Å². The Labute approximate surface area is 175 Å². The number of hydrogen-bond acceptors (Lipinski definition) is 8. The van der Waals surface area contributed by atoms with Crippen LogP contribution in [0.15, 0.2) is 11.8 Å². The lowest BCUT2D eigenvalue weighted by molar-refractivity contribution is -0.580. The number of nitrogens with zero attached hydrogens (tertiary/aromatic N) is 2. The normalized spacial score (nSPS) is 24.6. The van der Waals surface area contributed by atoms with Crippen LogP contribution in [0.3, 0.4) is 0 Å². The summed E-state index contributed by atoms with van der Waals surface area (Å²) in [6, 6.07) is -0.837. The standard InChI is InChI=1S/C17H22N4O8S/c22-12(8-18-16(26)19-17(21(27)28)5-2-1-3-6-17)29-9-10-13(23)20-11(15(24)25)4-7-30-14(10)20/h4,10,14H,1-3,5-9H2,(H,24,25)(H2,18,19,26)/t10?,14-/m0/s1. The van der Waals surface area contributed by atoms with E-state index in [2.05, 4.69) is 10.6 Å². The van der Waals surface area contributed by atoms with E-state index in [4.69, 9.17) is 9.84 Å². The highest BCUT2D eigenvalue weighted by molar-refractivity contribution is 8.00. The van der Waals surface area contributed by atoms with Crippen LogP contribution in [0.2, 0.25) is 0 Å². The molecule has 2 atom stereocenters. The molecule has 2 fully saturated rings. The zero-order valence-corrected chi connectivity index (χ0v) is 16.8. The Morgan fingerprint density at radius 3 is 2.67 bits per heavy atom. The molecule has 0 spiro atoms. The molecule has 164 valence electrons. The third-order valence-corrected chi connectivity index (χ3v) is 6.61. The predicted octanol–water partition coefficient (Wildman–Crippen LogP) is 0.266. The number of nitrogens with one attached hydrogen (secondary N) is 2. The molecular formula is C17H22N4O8S. The maximum absolute atomic E-state index is 12.2. The first kappa shape index (κ1) is 21.9. The van der Waals surface area contributed by atoms with Crippen LogP contribution in [-0.4, -0.2) is 68.7 Å². The van der Waals surface area contributed by atoms with Gasteiger partial charge in [0.2, 0.25) is 5.91 Å². The highest BCUT2D eigenvalue weighted by Gasteiger charge is 2.52. The lowest BCUT2D eigenvalue weighted by Gasteiger charge is -2.47. The maximum atomic E-state index is 12.2. The van der Waals surface area contributed by atoms with Crippen molar-refractivity contribution in [2.75, 3.05) is 18.9 Å². The van der Waals surface area contributed by atoms with Gasteiger partial charge in [0.15, 0.2) is 0 Å². The number of nitro groups is 1. The number of β-lactam (4-membered cyclic amide) rings is 1. The number of thioether (sulfide) groups is 1. The van der Waals surface area contributed by atoms with Gasteiger partial charge in [-0.15, -0.1) is 11.8 Å². The van der Waals surface area contributed by atoms with Gasteiger partial charge in [-0.1, -0.05) is 6.42 Å². The number of ether oxygens (including phenoxy) is 1. The average molecular weight is 442 g/mol. The second-order valence-electron chi connectivity index (χ2n) is 7.27. The molecule has 0 aromatic rings. The summed E-state index contributed by atoms with van der Waals surface area (Å²) < 4.78 is 5.03. The number of aliphatic carboxylic acids is 1. The molecule has 3 N–H and O–H groups in total. The average Bonchev–Trinajstić information content (AvgIpc) is 2.72. The van der Waals surface area contributed by atoms with Crippen LogP contribution in [0, 0.1) is 16.0 Å². The molecule has 1 saturated carbocycles. The van der Waals surface area contributed by atoms with E-state index in [1.54, 1.807) is 0 Å². The highest BCUT2D eigenvalue weighted by atomic mass is 32.2. The molecule has 30 heavy (non-hydrogen) atoms. The first-order chi connectivity index (χ1) is 14.2. The highest BCUT2D eigenvalue weighted by Crippen LogP contribution is 2.41. The Bertz CT molecular complexity index is 795. The number of amides is 3. The lowest BCUT2D eigenvalue weighted by atomic mass is 9.89. The second kappa shape index (κ2) is 8.90. The summed E-state index contributed by atoms with van der Waals surface area (Å²) in [6.45, 7) is -0.747. The predicted molar refractivity (Wildman–Crippen MR) is 103 cm³/mol. The summed E-state index contributed by atoms with van der Waals surface area (Å²) in [4.78, 5) is 59.3. The Kier molecular flexibility index (Phi) is 6.48. The van der Waals surface area contributed by atoms with Crippen LogP contribution in [0.1, 0.15) is 32.1 Å². The van der Waals surface area contributed by atoms with E-state index < -0.39 is 52.3 Å². The molecule has 1 aliphatic carbocycles. The minimum absolute atomic E-state index is 0.0768. The van der Waals surface area contributed by atoms with Gasteiger partial charge in [-0.2, -0.15) is 0 Å². The summed E-state index contributed by atoms with van der Waals surface area (Å²) >= 11 is 1.37. The van der Waals surface area contributed by atoms with Crippen LogP contribution >= 0.6 is 11.8 Å². The number of esters is 1. The van der Waals surface area contributed by atoms with Gasteiger partial charge in [-0.3, -0.25) is 29.9 Å². The third kappa shape index (κ3) is 4.35. The summed E-state index contributed by atoms with van der Waals surface area (Å²) in [7, 11) is 0. The molecule has 13 heteroatoms. The number of urea groups is 1. The van der Waals surface area contributed by atoms with E-state index >= 15 is 0 Å². The Morgan fingerprint density at radius 2 is 2.03 bits per heavy atom. The molecular weight excluding hydrogens is 420 g/mol. The van der Waals surface area contributed by atoms with E-state index in [-0.39, 0.29) is 25.1 Å². The first-order valence-corrected chi connectivity index (χ1v) is 10.5. The molecule has 2 aliphatic heterocycles. The Morgan fingerprint density at radius 1 is 1.33 bits per heavy atom. The van der Waals surface area contributed by atoms with Crippen LogP contribution in [0.4, 0.5) is 4.79 Å². The van der Waals surface area contributed by atoms with Crippen molar-refractivity contribution in [1.82, 2.24) is 15.5 Å². The number of carbonyl (C=O) groups is 4. The van der Waals surface area contributed by atoms with E-state index in [1.807, 2.05) is 0 Å². The van der Waals surface area contributed by atoms with Gasteiger partial charge < -0.3 is 15.2 Å². The topological polar surface area (TPSA) is 168 Å². The number of fused-ring (bicyclic) bond motifs is 1. The minimum Gasteiger partial charge on any atom is -0.477 e. The molecule has 3 aliphatic rings. The van der Waals surface area contributed by atoms with Gasteiger partial charge in [0.05, 0.1) is 5.37 Å². The zero-order chi connectivity index (χ0) is 21.9. The van der Waals surface area contributed by atoms with Gasteiger partial charge in [0.25, 0.3) is 5.66 Å². The molecule has 12 nitrogen and oxygen atoms in total. The zero-order valence-electron chi connectivity index (χ0n) is 16.0. The molecule has 0 aromatic carbocycles. The van der Waals surface area contributed by atoms with Crippen molar-refractivity contribution in [1.29, 1.82) is 0 Å². The van der Waals surface area contributed by atoms with Gasteiger partial charge in [-0.05, 0) is 18.9 Å². The van der Waals surface area contributed by atoms with E-state index in [9.17, 15) is 29.3 Å². The van der Waals surface area contributed by atoms with Crippen molar-refractivity contribution in [3.05, 3.63) is 21.9 Å². The van der Waals surface area contributed by atoms with E-state index in [1.165, 1.54) is 22.7 Å². The minimum atomic E-state index is -1.53. The van der Waals surface area contributed by atoms with Gasteiger partial charge in [0, 0.05) is 23.5 Å². The van der Waals surface area contributed by atoms with Gasteiger partial charge >= 0.3 is 18.0 Å². The fourth-order valence-electron chi connectivity index (χ4n) is 3.77. The molecule has 0 bridgehead atoms. The van der Waals surface area contributed by atoms with Crippen molar-refractivity contribution in [3.8, 4) is 0 Å². The second-order valence-corrected chi connectivity index (χ2v) is 8.42. The largest absolute Gasteiger partial charge is 0.477 e. The molecule has 3 rings (SSSR count). The van der Waals surface area contributed by atoms with E-state index in [0.29, 0.717) is 18.6 Å². The first-order valence-electron chi connectivity index (χ1n) is 9.49. The number of hydrogen-bond donors (Lipinski definition) is 3. The van der Waals surface area contributed by atoms with Crippen molar-refractivity contribution < 1.29 is 33.9 Å². The molecule has 1 unspecified atom stereocenters. The Hall–Kier alpha value is -2.83. The number of carboxylic acid groups (broad SMARTS) is 1. The maximum Gasteiger partial charge on any atom is 0.352 e. The molecule has 2 heterocycles. The Balaban J connectivity index is 1.43. The van der Waals surface area contributed by atoms with Crippen molar-refractivity contribution in [2.24, 2.45) is 5.92 Å². The smallest absolute Gasteiger partial charge is 0.352 e. The van der Waals surface area contributed by atoms with Crippen molar-refractivity contribution in [2.45, 2.75) is 43.1 Å². The molecule has 3 amide bonds. The van der Waals surface area contributed by atoms with Crippen molar-refractivity contribution >= 4 is 35.6 Å². The number of rotatable bonds is 7. The SMILES string of the molecule is O=C(NCC(=O)OCC1C(=O)N2C(C(=O)O)=CCS[C@@H]12)NC1([N+](=O)[O-])CCCCC1. The lowest BCUT2D eigenvalue weighted by Crippen LogP contribution is -2.62. The van der Waals surface area contributed by atoms with Crippen LogP contribution in [-0.2, 0) is 19.1 Å². The summed E-state index contributed by atoms with van der Waals surface area (Å²) in [5.41, 5.74) is -1.60. The molecule has 0 aromatic heterocycles.